The molecule has 0 amide bonds. The summed E-state index contributed by atoms with van der Waals surface area (Å²) in [6, 6.07) is 0. The third-order valence-corrected chi connectivity index (χ3v) is 4.29. The predicted octanol–water partition coefficient (Wildman–Crippen LogP) is 1.08. The maximum Gasteiger partial charge on any atom is 0.0594 e. The summed E-state index contributed by atoms with van der Waals surface area (Å²) in [5.41, 5.74) is 6.30. The summed E-state index contributed by atoms with van der Waals surface area (Å²) in [6.07, 6.45) is 2.59. The zero-order chi connectivity index (χ0) is 10.9. The van der Waals surface area contributed by atoms with E-state index in [4.69, 9.17) is 10.5 Å². The first kappa shape index (κ1) is 11.4. The molecule has 88 valence electrons. The Hall–Kier alpha value is -0.120. The van der Waals surface area contributed by atoms with Gasteiger partial charge in [-0.2, -0.15) is 0 Å². The second kappa shape index (κ2) is 4.40. The van der Waals surface area contributed by atoms with Gasteiger partial charge in [-0.3, -0.25) is 4.90 Å². The Morgan fingerprint density at radius 3 is 2.40 bits per heavy atom. The van der Waals surface area contributed by atoms with Gasteiger partial charge in [-0.25, -0.2) is 0 Å². The zero-order valence-electron chi connectivity index (χ0n) is 10.0. The maximum atomic E-state index is 5.98. The third kappa shape index (κ3) is 2.05. The van der Waals surface area contributed by atoms with E-state index in [1.165, 1.54) is 12.8 Å². The van der Waals surface area contributed by atoms with Crippen LogP contribution in [-0.2, 0) is 4.74 Å². The number of rotatable bonds is 3. The molecule has 1 saturated carbocycles. The van der Waals surface area contributed by atoms with Gasteiger partial charge in [0, 0.05) is 25.2 Å². The van der Waals surface area contributed by atoms with E-state index in [2.05, 4.69) is 18.7 Å². The molecule has 3 nitrogen and oxygen atoms in total. The number of morpholine rings is 1. The molecule has 1 heterocycles. The second-order valence-corrected chi connectivity index (χ2v) is 5.44. The van der Waals surface area contributed by atoms with Crippen molar-refractivity contribution in [3.05, 3.63) is 0 Å². The highest BCUT2D eigenvalue weighted by atomic mass is 16.5. The lowest BCUT2D eigenvalue weighted by molar-refractivity contribution is -0.0824. The standard InChI is InChI=1S/C12H24N2O/c1-10(2)11-7-12(8-11,9-13)14-3-5-15-6-4-14/h10-11H,3-9,13H2,1-2H3. The van der Waals surface area contributed by atoms with Crippen LogP contribution < -0.4 is 5.73 Å². The molecule has 2 rings (SSSR count). The van der Waals surface area contributed by atoms with Crippen LogP contribution in [0.1, 0.15) is 26.7 Å². The molecule has 0 radical (unpaired) electrons. The van der Waals surface area contributed by atoms with Crippen molar-refractivity contribution < 1.29 is 4.74 Å². The summed E-state index contributed by atoms with van der Waals surface area (Å²) >= 11 is 0. The van der Waals surface area contributed by atoms with Crippen molar-refractivity contribution in [2.24, 2.45) is 17.6 Å². The Morgan fingerprint density at radius 2 is 1.93 bits per heavy atom. The summed E-state index contributed by atoms with van der Waals surface area (Å²) in [5.74, 6) is 1.70. The first-order valence-corrected chi connectivity index (χ1v) is 6.21. The van der Waals surface area contributed by atoms with Gasteiger partial charge in [0.05, 0.1) is 13.2 Å². The molecule has 1 saturated heterocycles. The van der Waals surface area contributed by atoms with Crippen LogP contribution in [0, 0.1) is 11.8 Å². The van der Waals surface area contributed by atoms with E-state index in [-0.39, 0.29) is 0 Å². The van der Waals surface area contributed by atoms with Gasteiger partial charge in [0.25, 0.3) is 0 Å². The molecule has 2 fully saturated rings. The zero-order valence-corrected chi connectivity index (χ0v) is 10.0. The van der Waals surface area contributed by atoms with Crippen LogP contribution in [0.4, 0.5) is 0 Å². The molecule has 0 atom stereocenters. The van der Waals surface area contributed by atoms with Gasteiger partial charge in [-0.15, -0.1) is 0 Å². The van der Waals surface area contributed by atoms with Gasteiger partial charge in [0.2, 0.25) is 0 Å². The molecule has 1 aliphatic heterocycles. The summed E-state index contributed by atoms with van der Waals surface area (Å²) in [7, 11) is 0. The molecule has 2 N–H and O–H groups in total. The van der Waals surface area contributed by atoms with E-state index in [0.29, 0.717) is 5.54 Å². The average molecular weight is 212 g/mol. The molecule has 15 heavy (non-hydrogen) atoms. The number of nitrogens with two attached hydrogens (primary N) is 1. The molecule has 2 aliphatic rings. The van der Waals surface area contributed by atoms with Crippen molar-refractivity contribution in [1.82, 2.24) is 4.90 Å². The normalized spacial score (nSPS) is 38.0. The summed E-state index contributed by atoms with van der Waals surface area (Å²) in [6.45, 7) is 9.37. The minimum Gasteiger partial charge on any atom is -0.379 e. The van der Waals surface area contributed by atoms with E-state index in [9.17, 15) is 0 Å². The lowest BCUT2D eigenvalue weighted by Gasteiger charge is -2.56. The molecule has 0 spiro atoms. The Labute approximate surface area is 93.0 Å². The van der Waals surface area contributed by atoms with Crippen LogP contribution >= 0.6 is 0 Å². The van der Waals surface area contributed by atoms with Crippen LogP contribution in [-0.4, -0.2) is 43.3 Å². The fraction of sp³-hybridized carbons (Fsp3) is 1.00. The van der Waals surface area contributed by atoms with E-state index in [1.54, 1.807) is 0 Å². The Balaban J connectivity index is 1.93. The molecule has 0 aromatic carbocycles. The molecule has 0 aromatic heterocycles. The van der Waals surface area contributed by atoms with Crippen LogP contribution in [0.25, 0.3) is 0 Å². The van der Waals surface area contributed by atoms with E-state index >= 15 is 0 Å². The van der Waals surface area contributed by atoms with Gasteiger partial charge in [0.15, 0.2) is 0 Å². The highest BCUT2D eigenvalue weighted by Crippen LogP contribution is 2.45. The first-order valence-electron chi connectivity index (χ1n) is 6.21. The summed E-state index contributed by atoms with van der Waals surface area (Å²) < 4.78 is 5.40. The Morgan fingerprint density at radius 1 is 1.33 bits per heavy atom. The highest BCUT2D eigenvalue weighted by Gasteiger charge is 2.48. The molecule has 0 aromatic rings. The van der Waals surface area contributed by atoms with Crippen LogP contribution in [0.3, 0.4) is 0 Å². The molecule has 3 heteroatoms. The van der Waals surface area contributed by atoms with E-state index in [1.807, 2.05) is 0 Å². The van der Waals surface area contributed by atoms with Gasteiger partial charge < -0.3 is 10.5 Å². The van der Waals surface area contributed by atoms with Crippen molar-refractivity contribution >= 4 is 0 Å². The van der Waals surface area contributed by atoms with Crippen LogP contribution in [0.15, 0.2) is 0 Å². The molecular weight excluding hydrogens is 188 g/mol. The summed E-state index contributed by atoms with van der Waals surface area (Å²) in [4.78, 5) is 2.56. The first-order chi connectivity index (χ1) is 7.18. The fourth-order valence-corrected chi connectivity index (χ4v) is 2.98. The topological polar surface area (TPSA) is 38.5 Å². The molecule has 0 bridgehead atoms. The van der Waals surface area contributed by atoms with Crippen molar-refractivity contribution in [2.45, 2.75) is 32.2 Å². The quantitative estimate of drug-likeness (QED) is 0.761. The number of hydrogen-bond acceptors (Lipinski definition) is 3. The van der Waals surface area contributed by atoms with E-state index in [0.717, 1.165) is 44.7 Å². The fourth-order valence-electron chi connectivity index (χ4n) is 2.98. The predicted molar refractivity (Wildman–Crippen MR) is 61.7 cm³/mol. The van der Waals surface area contributed by atoms with Crippen LogP contribution in [0.2, 0.25) is 0 Å². The SMILES string of the molecule is CC(C)C1CC(CN)(N2CCOCC2)C1. The Kier molecular flexibility index (Phi) is 3.33. The van der Waals surface area contributed by atoms with Gasteiger partial charge >= 0.3 is 0 Å². The van der Waals surface area contributed by atoms with Gasteiger partial charge in [-0.1, -0.05) is 13.8 Å². The Bertz CT molecular complexity index is 206. The number of hydrogen-bond donors (Lipinski definition) is 1. The largest absolute Gasteiger partial charge is 0.379 e. The van der Waals surface area contributed by atoms with Crippen molar-refractivity contribution in [3.8, 4) is 0 Å². The second-order valence-electron chi connectivity index (χ2n) is 5.44. The summed E-state index contributed by atoms with van der Waals surface area (Å²) in [5, 5.41) is 0. The lowest BCUT2D eigenvalue weighted by atomic mass is 9.63. The lowest BCUT2D eigenvalue weighted by Crippen LogP contribution is -2.64. The molecular formula is C12H24N2O. The van der Waals surface area contributed by atoms with Crippen LogP contribution in [0.5, 0.6) is 0 Å². The van der Waals surface area contributed by atoms with E-state index < -0.39 is 0 Å². The van der Waals surface area contributed by atoms with Gasteiger partial charge in [0.1, 0.15) is 0 Å². The third-order valence-electron chi connectivity index (χ3n) is 4.29. The average Bonchev–Trinajstić information content (AvgIpc) is 2.18. The minimum atomic E-state index is 0.318. The number of ether oxygens (including phenoxy) is 1. The minimum absolute atomic E-state index is 0.318. The molecule has 0 unspecified atom stereocenters. The number of nitrogens with zero attached hydrogens (tertiary/aromatic N) is 1. The monoisotopic (exact) mass is 212 g/mol. The van der Waals surface area contributed by atoms with Crippen molar-refractivity contribution in [1.29, 1.82) is 0 Å². The maximum absolute atomic E-state index is 5.98. The van der Waals surface area contributed by atoms with Crippen molar-refractivity contribution in [2.75, 3.05) is 32.8 Å². The van der Waals surface area contributed by atoms with Crippen molar-refractivity contribution in [3.63, 3.8) is 0 Å². The smallest absolute Gasteiger partial charge is 0.0594 e. The van der Waals surface area contributed by atoms with Gasteiger partial charge in [-0.05, 0) is 24.7 Å². The molecule has 1 aliphatic carbocycles. The highest BCUT2D eigenvalue weighted by molar-refractivity contribution is 5.04.